The van der Waals surface area contributed by atoms with Gasteiger partial charge in [0.1, 0.15) is 5.84 Å². The second-order valence-electron chi connectivity index (χ2n) is 4.20. The number of sulfonamides is 1. The van der Waals surface area contributed by atoms with E-state index >= 15 is 0 Å². The van der Waals surface area contributed by atoms with Crippen molar-refractivity contribution in [2.45, 2.75) is 17.4 Å². The molecule has 0 spiro atoms. The van der Waals surface area contributed by atoms with Crippen molar-refractivity contribution in [3.63, 3.8) is 0 Å². The van der Waals surface area contributed by atoms with Gasteiger partial charge < -0.3 is 9.90 Å². The van der Waals surface area contributed by atoms with Crippen molar-refractivity contribution in [2.24, 2.45) is 4.99 Å². The molecule has 1 aromatic rings. The molecule has 2 rings (SSSR count). The molecule has 1 atom stereocenters. The molecule has 0 saturated heterocycles. The molecule has 0 aromatic heterocycles. The van der Waals surface area contributed by atoms with Crippen molar-refractivity contribution in [2.75, 3.05) is 12.0 Å². The number of carbonyl (C=O) groups excluding carboxylic acids is 1. The van der Waals surface area contributed by atoms with Crippen LogP contribution in [-0.2, 0) is 14.8 Å². The number of aliphatic carboxylic acids is 1. The van der Waals surface area contributed by atoms with Crippen LogP contribution in [0.5, 0.6) is 0 Å². The summed E-state index contributed by atoms with van der Waals surface area (Å²) in [7, 11) is -3.65. The van der Waals surface area contributed by atoms with Gasteiger partial charge in [0.2, 0.25) is 0 Å². The fourth-order valence-corrected chi connectivity index (χ4v) is 3.55. The SMILES string of the molecule is CSCC[C@H](N=C1NS(=O)(=O)c2ccccc21)C(=O)[O-]. The second kappa shape index (κ2) is 5.84. The lowest BCUT2D eigenvalue weighted by molar-refractivity contribution is -0.307. The highest BCUT2D eigenvalue weighted by molar-refractivity contribution is 7.98. The number of aliphatic imine (C=N–C) groups is 1. The molecule has 108 valence electrons. The fourth-order valence-electron chi connectivity index (χ4n) is 1.85. The third kappa shape index (κ3) is 2.96. The Morgan fingerprint density at radius 3 is 2.80 bits per heavy atom. The predicted octanol–water partition coefficient (Wildman–Crippen LogP) is -0.403. The maximum atomic E-state index is 11.9. The average molecular weight is 313 g/mol. The van der Waals surface area contributed by atoms with Crippen molar-refractivity contribution in [1.82, 2.24) is 4.72 Å². The Hall–Kier alpha value is -1.54. The number of nitrogens with one attached hydrogen (secondary N) is 1. The predicted molar refractivity (Wildman–Crippen MR) is 75.1 cm³/mol. The Morgan fingerprint density at radius 2 is 2.15 bits per heavy atom. The van der Waals surface area contributed by atoms with Gasteiger partial charge in [0.25, 0.3) is 10.0 Å². The van der Waals surface area contributed by atoms with Crippen LogP contribution in [-0.4, -0.2) is 38.3 Å². The van der Waals surface area contributed by atoms with E-state index in [1.54, 1.807) is 18.2 Å². The van der Waals surface area contributed by atoms with E-state index in [4.69, 9.17) is 0 Å². The molecule has 1 N–H and O–H groups in total. The number of carbonyl (C=O) groups is 1. The van der Waals surface area contributed by atoms with E-state index in [2.05, 4.69) is 9.71 Å². The summed E-state index contributed by atoms with van der Waals surface area (Å²) in [6, 6.07) is 5.26. The van der Waals surface area contributed by atoms with Crippen LogP contribution in [0.2, 0.25) is 0 Å². The Bertz CT molecular complexity index is 655. The summed E-state index contributed by atoms with van der Waals surface area (Å²) < 4.78 is 26.0. The number of hydrogen-bond acceptors (Lipinski definition) is 6. The van der Waals surface area contributed by atoms with Gasteiger partial charge in [-0.2, -0.15) is 11.8 Å². The molecule has 0 amide bonds. The molecule has 0 fully saturated rings. The molecule has 0 aliphatic carbocycles. The standard InChI is InChI=1S/C12H14N2O4S2/c1-19-7-6-9(12(15)16)13-11-8-4-2-3-5-10(8)20(17,18)14-11/h2-5,9H,6-7H2,1H3,(H,13,14)(H,15,16)/p-1/t9-/m0/s1. The largest absolute Gasteiger partial charge is 0.548 e. The zero-order chi connectivity index (χ0) is 14.8. The molecule has 20 heavy (non-hydrogen) atoms. The van der Waals surface area contributed by atoms with Crippen LogP contribution in [0.4, 0.5) is 0 Å². The smallest absolute Gasteiger partial charge is 0.263 e. The van der Waals surface area contributed by atoms with E-state index in [0.29, 0.717) is 11.3 Å². The van der Waals surface area contributed by atoms with Gasteiger partial charge in [-0.15, -0.1) is 0 Å². The van der Waals surface area contributed by atoms with Gasteiger partial charge in [-0.05, 0) is 30.6 Å². The van der Waals surface area contributed by atoms with Crippen molar-refractivity contribution >= 4 is 33.6 Å². The number of fused-ring (bicyclic) bond motifs is 1. The molecular weight excluding hydrogens is 300 g/mol. The quantitative estimate of drug-likeness (QED) is 0.797. The van der Waals surface area contributed by atoms with Crippen LogP contribution < -0.4 is 9.83 Å². The number of benzene rings is 1. The summed E-state index contributed by atoms with van der Waals surface area (Å²) >= 11 is 1.49. The van der Waals surface area contributed by atoms with Crippen LogP contribution in [0, 0.1) is 0 Å². The van der Waals surface area contributed by atoms with E-state index in [1.807, 2.05) is 6.26 Å². The number of carboxylic acids is 1. The number of thioether (sulfide) groups is 1. The lowest BCUT2D eigenvalue weighted by atomic mass is 10.2. The second-order valence-corrected chi connectivity index (χ2v) is 6.83. The normalized spacial score (nSPS) is 19.4. The van der Waals surface area contributed by atoms with Crippen LogP contribution >= 0.6 is 11.8 Å². The third-order valence-electron chi connectivity index (χ3n) is 2.82. The minimum Gasteiger partial charge on any atom is -0.548 e. The van der Waals surface area contributed by atoms with Crippen molar-refractivity contribution in [3.8, 4) is 0 Å². The molecule has 0 bridgehead atoms. The molecule has 1 heterocycles. The Morgan fingerprint density at radius 1 is 1.45 bits per heavy atom. The van der Waals surface area contributed by atoms with E-state index < -0.39 is 22.0 Å². The molecule has 0 radical (unpaired) electrons. The summed E-state index contributed by atoms with van der Waals surface area (Å²) in [5.41, 5.74) is 0.392. The maximum absolute atomic E-state index is 11.9. The summed E-state index contributed by atoms with van der Waals surface area (Å²) in [4.78, 5) is 15.2. The molecule has 1 aromatic carbocycles. The molecular formula is C12H13N2O4S2-. The summed E-state index contributed by atoms with van der Waals surface area (Å²) in [6.07, 6.45) is 2.14. The average Bonchev–Trinajstić information content (AvgIpc) is 2.66. The lowest BCUT2D eigenvalue weighted by Crippen LogP contribution is -2.36. The molecule has 1 aliphatic heterocycles. The van der Waals surface area contributed by atoms with Crippen LogP contribution in [0.15, 0.2) is 34.2 Å². The molecule has 0 saturated carbocycles. The number of hydrogen-bond donors (Lipinski definition) is 1. The van der Waals surface area contributed by atoms with Crippen LogP contribution in [0.1, 0.15) is 12.0 Å². The van der Waals surface area contributed by atoms with Crippen molar-refractivity contribution < 1.29 is 18.3 Å². The van der Waals surface area contributed by atoms with Crippen molar-refractivity contribution in [3.05, 3.63) is 29.8 Å². The zero-order valence-corrected chi connectivity index (χ0v) is 12.3. The van der Waals surface area contributed by atoms with E-state index in [9.17, 15) is 18.3 Å². The van der Waals surface area contributed by atoms with Gasteiger partial charge in [0.05, 0.1) is 16.9 Å². The molecule has 8 heteroatoms. The number of nitrogens with zero attached hydrogens (tertiary/aromatic N) is 1. The monoisotopic (exact) mass is 313 g/mol. The minimum atomic E-state index is -3.65. The first-order valence-electron chi connectivity index (χ1n) is 5.85. The third-order valence-corrected chi connectivity index (χ3v) is 4.86. The zero-order valence-electron chi connectivity index (χ0n) is 10.7. The highest BCUT2D eigenvalue weighted by atomic mass is 32.2. The number of amidine groups is 1. The number of carboxylic acid groups (broad SMARTS) is 1. The van der Waals surface area contributed by atoms with E-state index in [0.717, 1.165) is 0 Å². The van der Waals surface area contributed by atoms with Gasteiger partial charge >= 0.3 is 0 Å². The maximum Gasteiger partial charge on any atom is 0.263 e. The summed E-state index contributed by atoms with van der Waals surface area (Å²) in [5.74, 6) is -0.643. The van der Waals surface area contributed by atoms with Crippen LogP contribution in [0.3, 0.4) is 0 Å². The van der Waals surface area contributed by atoms with Gasteiger partial charge in [0.15, 0.2) is 0 Å². The fraction of sp³-hybridized carbons (Fsp3) is 0.333. The van der Waals surface area contributed by atoms with Gasteiger partial charge in [-0.25, -0.2) is 8.42 Å². The Kier molecular flexibility index (Phi) is 4.34. The summed E-state index contributed by atoms with van der Waals surface area (Å²) in [5, 5.41) is 11.1. The van der Waals surface area contributed by atoms with Gasteiger partial charge in [0, 0.05) is 5.56 Å². The Balaban J connectivity index is 2.38. The molecule has 1 aliphatic rings. The highest BCUT2D eigenvalue weighted by Gasteiger charge is 2.30. The van der Waals surface area contributed by atoms with E-state index in [-0.39, 0.29) is 17.2 Å². The number of rotatable bonds is 5. The van der Waals surface area contributed by atoms with Crippen molar-refractivity contribution in [1.29, 1.82) is 0 Å². The first kappa shape index (κ1) is 14.9. The molecule has 0 unspecified atom stereocenters. The molecule has 6 nitrogen and oxygen atoms in total. The van der Waals surface area contributed by atoms with Crippen LogP contribution in [0.25, 0.3) is 0 Å². The lowest BCUT2D eigenvalue weighted by Gasteiger charge is -2.13. The van der Waals surface area contributed by atoms with Gasteiger partial charge in [-0.1, -0.05) is 12.1 Å². The van der Waals surface area contributed by atoms with Gasteiger partial charge in [-0.3, -0.25) is 9.71 Å². The highest BCUT2D eigenvalue weighted by Crippen LogP contribution is 2.22. The first-order valence-corrected chi connectivity index (χ1v) is 8.73. The summed E-state index contributed by atoms with van der Waals surface area (Å²) in [6.45, 7) is 0. The minimum absolute atomic E-state index is 0.0657. The first-order chi connectivity index (χ1) is 9.45. The topological polar surface area (TPSA) is 98.7 Å². The Labute approximate surface area is 121 Å². The van der Waals surface area contributed by atoms with E-state index in [1.165, 1.54) is 17.8 Å².